The Kier molecular flexibility index (Phi) is 4.83. The molecule has 0 fully saturated rings. The molecule has 1 aromatic heterocycles. The molecule has 0 unspecified atom stereocenters. The van der Waals surface area contributed by atoms with Crippen molar-refractivity contribution in [2.45, 2.75) is 6.42 Å². The van der Waals surface area contributed by atoms with Crippen LogP contribution in [0.5, 0.6) is 5.75 Å². The highest BCUT2D eigenvalue weighted by molar-refractivity contribution is 7.13. The second-order valence-corrected chi connectivity index (χ2v) is 4.87. The molecular formula is C13H11FN2O4S. The topological polar surface area (TPSA) is 88.5 Å². The summed E-state index contributed by atoms with van der Waals surface area (Å²) < 4.78 is 18.0. The van der Waals surface area contributed by atoms with Crippen molar-refractivity contribution in [3.05, 3.63) is 41.2 Å². The van der Waals surface area contributed by atoms with Gasteiger partial charge < -0.3 is 9.84 Å². The summed E-state index contributed by atoms with van der Waals surface area (Å²) in [6, 6.07) is 5.44. The van der Waals surface area contributed by atoms with Crippen molar-refractivity contribution in [3.8, 4) is 5.75 Å². The molecule has 0 aliphatic heterocycles. The summed E-state index contributed by atoms with van der Waals surface area (Å²) in [5.41, 5.74) is 0.369. The number of aromatic nitrogens is 1. The van der Waals surface area contributed by atoms with Crippen LogP contribution in [0.3, 0.4) is 0 Å². The maximum atomic E-state index is 12.9. The first kappa shape index (κ1) is 14.9. The molecule has 0 spiro atoms. The van der Waals surface area contributed by atoms with E-state index >= 15 is 0 Å². The van der Waals surface area contributed by atoms with E-state index in [9.17, 15) is 14.0 Å². The number of aliphatic carboxylic acids is 1. The van der Waals surface area contributed by atoms with Crippen molar-refractivity contribution in [2.24, 2.45) is 0 Å². The number of amides is 1. The van der Waals surface area contributed by atoms with Gasteiger partial charge >= 0.3 is 5.97 Å². The second-order valence-electron chi connectivity index (χ2n) is 4.01. The van der Waals surface area contributed by atoms with E-state index in [0.29, 0.717) is 10.8 Å². The number of rotatable bonds is 6. The predicted octanol–water partition coefficient (Wildman–Crippen LogP) is 1.93. The van der Waals surface area contributed by atoms with Gasteiger partial charge in [0.15, 0.2) is 11.7 Å². The van der Waals surface area contributed by atoms with Gasteiger partial charge in [0, 0.05) is 11.4 Å². The molecule has 8 heteroatoms. The Morgan fingerprint density at radius 3 is 2.95 bits per heavy atom. The number of halogens is 1. The summed E-state index contributed by atoms with van der Waals surface area (Å²) in [4.78, 5) is 26.1. The van der Waals surface area contributed by atoms with Crippen molar-refractivity contribution >= 4 is 28.3 Å². The number of carbonyl (C=O) groups is 2. The Bertz CT molecular complexity index is 659. The van der Waals surface area contributed by atoms with E-state index in [0.717, 1.165) is 11.3 Å². The van der Waals surface area contributed by atoms with Crippen LogP contribution in [-0.4, -0.2) is 28.6 Å². The molecule has 21 heavy (non-hydrogen) atoms. The van der Waals surface area contributed by atoms with Gasteiger partial charge in [0.2, 0.25) is 0 Å². The van der Waals surface area contributed by atoms with Crippen molar-refractivity contribution in [3.63, 3.8) is 0 Å². The van der Waals surface area contributed by atoms with Gasteiger partial charge in [-0.3, -0.25) is 14.9 Å². The largest absolute Gasteiger partial charge is 0.484 e. The van der Waals surface area contributed by atoms with Crippen LogP contribution >= 0.6 is 11.3 Å². The molecule has 1 amide bonds. The predicted molar refractivity (Wildman–Crippen MR) is 74.0 cm³/mol. The van der Waals surface area contributed by atoms with E-state index in [1.807, 2.05) is 0 Å². The molecule has 0 atom stereocenters. The fourth-order valence-electron chi connectivity index (χ4n) is 1.46. The van der Waals surface area contributed by atoms with Crippen LogP contribution < -0.4 is 10.1 Å². The number of carboxylic acids is 1. The van der Waals surface area contributed by atoms with Crippen molar-refractivity contribution in [2.75, 3.05) is 11.9 Å². The summed E-state index contributed by atoms with van der Waals surface area (Å²) >= 11 is 1.12. The molecule has 0 saturated heterocycles. The minimum Gasteiger partial charge on any atom is -0.484 e. The fraction of sp³-hybridized carbons (Fsp3) is 0.154. The number of nitrogens with zero attached hydrogens (tertiary/aromatic N) is 1. The van der Waals surface area contributed by atoms with Crippen LogP contribution in [0.1, 0.15) is 5.69 Å². The maximum Gasteiger partial charge on any atom is 0.309 e. The zero-order valence-corrected chi connectivity index (χ0v) is 11.5. The van der Waals surface area contributed by atoms with E-state index in [-0.39, 0.29) is 18.8 Å². The molecule has 1 heterocycles. The normalized spacial score (nSPS) is 10.1. The van der Waals surface area contributed by atoms with E-state index in [2.05, 4.69) is 10.3 Å². The highest BCUT2D eigenvalue weighted by Gasteiger charge is 2.09. The molecule has 6 nitrogen and oxygen atoms in total. The number of ether oxygens (including phenoxy) is 1. The fourth-order valence-corrected chi connectivity index (χ4v) is 2.19. The average Bonchev–Trinajstić information content (AvgIpc) is 2.83. The Morgan fingerprint density at radius 1 is 1.43 bits per heavy atom. The van der Waals surface area contributed by atoms with Crippen LogP contribution in [0.2, 0.25) is 0 Å². The van der Waals surface area contributed by atoms with Crippen LogP contribution in [0.15, 0.2) is 29.6 Å². The lowest BCUT2D eigenvalue weighted by Gasteiger charge is -2.05. The van der Waals surface area contributed by atoms with Gasteiger partial charge in [-0.1, -0.05) is 6.07 Å². The van der Waals surface area contributed by atoms with Crippen LogP contribution in [0.25, 0.3) is 0 Å². The number of hydrogen-bond donors (Lipinski definition) is 2. The van der Waals surface area contributed by atoms with Crippen LogP contribution in [0, 0.1) is 5.82 Å². The third-order valence-corrected chi connectivity index (χ3v) is 3.10. The number of anilines is 1. The summed E-state index contributed by atoms with van der Waals surface area (Å²) in [7, 11) is 0. The van der Waals surface area contributed by atoms with E-state index < -0.39 is 17.7 Å². The molecule has 0 aliphatic rings. The second kappa shape index (κ2) is 6.80. The standard InChI is InChI=1S/C13H11FN2O4S/c14-8-2-1-3-10(4-8)20-6-11(17)16-13-15-9(7-21-13)5-12(18)19/h1-4,7H,5-6H2,(H,18,19)(H,15,16,17). The third kappa shape index (κ3) is 4.84. The lowest BCUT2D eigenvalue weighted by molar-refractivity contribution is -0.136. The number of nitrogens with one attached hydrogen (secondary N) is 1. The monoisotopic (exact) mass is 310 g/mol. The summed E-state index contributed by atoms with van der Waals surface area (Å²) in [5.74, 6) is -1.66. The van der Waals surface area contributed by atoms with Gasteiger partial charge in [-0.2, -0.15) is 0 Å². The third-order valence-electron chi connectivity index (χ3n) is 2.30. The molecule has 0 aliphatic carbocycles. The SMILES string of the molecule is O=C(O)Cc1csc(NC(=O)COc2cccc(F)c2)n1. The van der Waals surface area contributed by atoms with Gasteiger partial charge in [-0.05, 0) is 12.1 Å². The minimum atomic E-state index is -0.993. The van der Waals surface area contributed by atoms with Crippen molar-refractivity contribution < 1.29 is 23.8 Å². The molecule has 1 aromatic carbocycles. The van der Waals surface area contributed by atoms with Gasteiger partial charge in [-0.25, -0.2) is 9.37 Å². The Labute approximate surface area is 123 Å². The average molecular weight is 310 g/mol. The first-order chi connectivity index (χ1) is 10.0. The van der Waals surface area contributed by atoms with Gasteiger partial charge in [0.25, 0.3) is 5.91 Å². The number of thiazole rings is 1. The molecule has 110 valence electrons. The van der Waals surface area contributed by atoms with E-state index in [1.165, 1.54) is 24.3 Å². The highest BCUT2D eigenvalue weighted by atomic mass is 32.1. The molecule has 0 bridgehead atoms. The maximum absolute atomic E-state index is 12.9. The number of hydrogen-bond acceptors (Lipinski definition) is 5. The Morgan fingerprint density at radius 2 is 2.24 bits per heavy atom. The first-order valence-corrected chi connectivity index (χ1v) is 6.75. The van der Waals surface area contributed by atoms with Gasteiger partial charge in [0.1, 0.15) is 11.6 Å². The lowest BCUT2D eigenvalue weighted by Crippen LogP contribution is -2.20. The lowest BCUT2D eigenvalue weighted by atomic mass is 10.3. The summed E-state index contributed by atoms with van der Waals surface area (Å²) in [6.45, 7) is -0.294. The van der Waals surface area contributed by atoms with Gasteiger partial charge in [-0.15, -0.1) is 11.3 Å². The van der Waals surface area contributed by atoms with E-state index in [1.54, 1.807) is 5.38 Å². The number of carboxylic acid groups (broad SMARTS) is 1. The molecule has 2 aromatic rings. The van der Waals surface area contributed by atoms with Gasteiger partial charge in [0.05, 0.1) is 12.1 Å². The number of carbonyl (C=O) groups excluding carboxylic acids is 1. The molecule has 2 N–H and O–H groups in total. The molecule has 2 rings (SSSR count). The Hall–Kier alpha value is -2.48. The number of benzene rings is 1. The summed E-state index contributed by atoms with van der Waals surface area (Å²) in [5, 5.41) is 12.9. The van der Waals surface area contributed by atoms with Crippen LogP contribution in [0.4, 0.5) is 9.52 Å². The van der Waals surface area contributed by atoms with Crippen molar-refractivity contribution in [1.82, 2.24) is 4.98 Å². The Balaban J connectivity index is 1.84. The molecule has 0 saturated carbocycles. The highest BCUT2D eigenvalue weighted by Crippen LogP contribution is 2.16. The van der Waals surface area contributed by atoms with Crippen molar-refractivity contribution in [1.29, 1.82) is 0 Å². The zero-order chi connectivity index (χ0) is 15.2. The smallest absolute Gasteiger partial charge is 0.309 e. The summed E-state index contributed by atoms with van der Waals surface area (Å²) in [6.07, 6.45) is -0.202. The molecular weight excluding hydrogens is 299 g/mol. The zero-order valence-electron chi connectivity index (χ0n) is 10.7. The molecule has 0 radical (unpaired) electrons. The first-order valence-electron chi connectivity index (χ1n) is 5.87. The minimum absolute atomic E-state index is 0.202. The quantitative estimate of drug-likeness (QED) is 0.851. The van der Waals surface area contributed by atoms with E-state index in [4.69, 9.17) is 9.84 Å². The van der Waals surface area contributed by atoms with Crippen LogP contribution in [-0.2, 0) is 16.0 Å².